The molecule has 1 aliphatic rings. The molecular formula is C70H67N16O13+. The lowest BCUT2D eigenvalue weighted by Gasteiger charge is -2.27. The number of hydrogen-bond donors (Lipinski definition) is 7. The summed E-state index contributed by atoms with van der Waals surface area (Å²) in [5, 5.41) is 65.5. The highest BCUT2D eigenvalue weighted by Crippen LogP contribution is 2.33. The van der Waals surface area contributed by atoms with Crippen LogP contribution in [0.2, 0.25) is 0 Å². The van der Waals surface area contributed by atoms with Crippen molar-refractivity contribution < 1.29 is 68.1 Å². The van der Waals surface area contributed by atoms with Crippen LogP contribution in [0.1, 0.15) is 48.4 Å². The Hall–Kier alpha value is -12.0. The number of morpholine rings is 1. The molecule has 0 bridgehead atoms. The van der Waals surface area contributed by atoms with Gasteiger partial charge >= 0.3 is 11.6 Å². The number of benzene rings is 3. The van der Waals surface area contributed by atoms with Gasteiger partial charge in [0.1, 0.15) is 85.1 Å². The van der Waals surface area contributed by atoms with Gasteiger partial charge in [-0.25, -0.2) is 29.0 Å². The third-order valence-electron chi connectivity index (χ3n) is 15.6. The molecule has 1 saturated heterocycles. The first kappa shape index (κ1) is 65.6. The van der Waals surface area contributed by atoms with Crippen LogP contribution in [0.15, 0.2) is 170 Å². The molecule has 10 heterocycles. The van der Waals surface area contributed by atoms with Crippen molar-refractivity contribution in [3.63, 3.8) is 0 Å². The Morgan fingerprint density at radius 1 is 0.556 bits per heavy atom. The molecule has 29 heteroatoms. The van der Waals surface area contributed by atoms with E-state index >= 15 is 0 Å². The van der Waals surface area contributed by atoms with E-state index in [1.807, 2.05) is 39.0 Å². The molecule has 3 amide bonds. The summed E-state index contributed by atoms with van der Waals surface area (Å²) in [7, 11) is 0. The number of imidazole rings is 3. The quantitative estimate of drug-likeness (QED) is 0.0313. The predicted molar refractivity (Wildman–Crippen MR) is 360 cm³/mol. The molecule has 29 nitrogen and oxygen atoms in total. The van der Waals surface area contributed by atoms with E-state index in [0.717, 1.165) is 11.3 Å². The minimum Gasteiger partial charge on any atom is -0.491 e. The van der Waals surface area contributed by atoms with E-state index < -0.39 is 42.6 Å². The number of ether oxygens (including phenoxy) is 5. The van der Waals surface area contributed by atoms with E-state index in [0.29, 0.717) is 117 Å². The van der Waals surface area contributed by atoms with Gasteiger partial charge in [0.25, 0.3) is 17.5 Å². The lowest BCUT2D eigenvalue weighted by molar-refractivity contribution is -0.872. The summed E-state index contributed by atoms with van der Waals surface area (Å²) < 4.78 is 35.6. The number of aryl methyl sites for hydroxylation is 3. The van der Waals surface area contributed by atoms with Crippen LogP contribution in [0.25, 0.3) is 50.7 Å². The van der Waals surface area contributed by atoms with Gasteiger partial charge in [-0.05, 0) is 122 Å². The van der Waals surface area contributed by atoms with Crippen LogP contribution in [0.4, 0.5) is 23.1 Å². The maximum Gasteiger partial charge on any atom is 0.347 e. The number of fused-ring (bicyclic) bond motifs is 3. The van der Waals surface area contributed by atoms with Crippen LogP contribution in [0, 0.1) is 20.8 Å². The first-order valence-electron chi connectivity index (χ1n) is 31.6. The number of nitrogens with one attached hydrogen (secondary N) is 3. The van der Waals surface area contributed by atoms with Gasteiger partial charge in [-0.3, -0.25) is 19.4 Å². The average Bonchev–Trinajstić information content (AvgIpc) is 1.72. The van der Waals surface area contributed by atoms with E-state index in [-0.39, 0.29) is 61.5 Å². The van der Waals surface area contributed by atoms with Crippen LogP contribution >= 0.6 is 0 Å². The van der Waals surface area contributed by atoms with Crippen molar-refractivity contribution >= 4 is 57.8 Å². The normalized spacial score (nSPS) is 13.2. The standard InChI is InChI=1S/C70H66N16O13/c1-42-28-44(3)74-63(29-42)78-70(93)58-35-83(99-41-49(90)40-97-59-14-6-4-12-51(59)53-18-20-64-72-33-56(84(64)79-53)68(91)75-46-22-23-71-43(2)30-46)66-21-19-54(80-85(58)66)52-13-5-7-15-60(52)96-38-48(89)39-98-61-32-55(45-10-8-11-50(31-45)95-37-47(88)36-87)81-86-57(34-73-67(61)86)69(92)77-62-16-9-17-65(76-62)82-24-26-94-27-25-82/h4-23,28-35,47-49,87-90H,24-27,36-41H2,1-3H3,(H2-,71,74,75,76,77,78,91,92,93)/p+1. The number of carbonyl (C=O) groups excluding carboxylic acids is 3. The lowest BCUT2D eigenvalue weighted by Crippen LogP contribution is -2.46. The fourth-order valence-corrected chi connectivity index (χ4v) is 10.9. The summed E-state index contributed by atoms with van der Waals surface area (Å²) in [6.45, 7) is 6.18. The zero-order valence-electron chi connectivity index (χ0n) is 53.7. The highest BCUT2D eigenvalue weighted by Gasteiger charge is 2.29. The van der Waals surface area contributed by atoms with Gasteiger partial charge in [-0.2, -0.15) is 10.2 Å². The number of rotatable bonds is 26. The maximum atomic E-state index is 14.3. The summed E-state index contributed by atoms with van der Waals surface area (Å²) in [4.78, 5) is 72.4. The van der Waals surface area contributed by atoms with Crippen molar-refractivity contribution in [1.29, 1.82) is 0 Å². The zero-order chi connectivity index (χ0) is 68.5. The number of nitrogens with zero attached hydrogens (tertiary/aromatic N) is 13. The monoisotopic (exact) mass is 1340 g/mol. The van der Waals surface area contributed by atoms with E-state index in [4.69, 9.17) is 43.8 Å². The second kappa shape index (κ2) is 29.5. The number of aliphatic hydroxyl groups is 4. The molecule has 504 valence electrons. The molecule has 3 atom stereocenters. The number of aliphatic hydroxyl groups excluding tert-OH is 4. The van der Waals surface area contributed by atoms with E-state index in [9.17, 15) is 34.8 Å². The van der Waals surface area contributed by atoms with Gasteiger partial charge in [-0.1, -0.05) is 52.1 Å². The van der Waals surface area contributed by atoms with Gasteiger partial charge in [-0.15, -0.1) is 0 Å². The highest BCUT2D eigenvalue weighted by atomic mass is 16.7. The summed E-state index contributed by atoms with van der Waals surface area (Å²) >= 11 is 0. The Bertz CT molecular complexity index is 4920. The number of aromatic nitrogens is 12. The fraction of sp³-hybridized carbons (Fsp3) is 0.229. The van der Waals surface area contributed by atoms with Gasteiger partial charge in [0.15, 0.2) is 41.2 Å². The summed E-state index contributed by atoms with van der Waals surface area (Å²) in [5.41, 5.74) is 6.87. The van der Waals surface area contributed by atoms with Crippen LogP contribution in [0.3, 0.4) is 0 Å². The smallest absolute Gasteiger partial charge is 0.347 e. The topological polar surface area (TPSA) is 347 Å². The van der Waals surface area contributed by atoms with Crippen LogP contribution < -0.4 is 49.4 Å². The summed E-state index contributed by atoms with van der Waals surface area (Å²) in [6.07, 6.45) is 2.29. The van der Waals surface area contributed by atoms with Crippen LogP contribution in [0.5, 0.6) is 23.0 Å². The van der Waals surface area contributed by atoms with Crippen molar-refractivity contribution in [3.05, 3.63) is 204 Å². The van der Waals surface area contributed by atoms with Crippen LogP contribution in [-0.2, 0) is 4.74 Å². The van der Waals surface area contributed by atoms with Gasteiger partial charge in [0.05, 0.1) is 43.6 Å². The van der Waals surface area contributed by atoms with E-state index in [1.165, 1.54) is 36.9 Å². The minimum atomic E-state index is -1.25. The Labute approximate surface area is 564 Å². The number of carbonyl (C=O) groups is 3. The molecule has 3 unspecified atom stereocenters. The Kier molecular flexibility index (Phi) is 19.6. The third kappa shape index (κ3) is 15.3. The van der Waals surface area contributed by atoms with Gasteiger partial charge in [0.2, 0.25) is 0 Å². The molecule has 9 aromatic heterocycles. The summed E-state index contributed by atoms with van der Waals surface area (Å²) in [5.74, 6) is 1.00. The largest absolute Gasteiger partial charge is 0.491 e. The number of hydrogen-bond acceptors (Lipinski definition) is 22. The van der Waals surface area contributed by atoms with Crippen molar-refractivity contribution in [3.8, 4) is 56.8 Å². The van der Waals surface area contributed by atoms with E-state index in [2.05, 4.69) is 45.8 Å². The molecular weight excluding hydrogens is 1270 g/mol. The van der Waals surface area contributed by atoms with Crippen LogP contribution in [-0.4, -0.2) is 176 Å². The Balaban J connectivity index is 0.714. The van der Waals surface area contributed by atoms with Gasteiger partial charge in [0, 0.05) is 65.2 Å². The zero-order valence-corrected chi connectivity index (χ0v) is 53.7. The highest BCUT2D eigenvalue weighted by molar-refractivity contribution is 6.04. The Morgan fingerprint density at radius 3 is 1.95 bits per heavy atom. The molecule has 0 aliphatic carbocycles. The van der Waals surface area contributed by atoms with E-state index in [1.54, 1.807) is 134 Å². The molecule has 12 aromatic rings. The van der Waals surface area contributed by atoms with Gasteiger partial charge < -0.3 is 69.8 Å². The molecule has 7 N–H and O–H groups in total. The predicted octanol–water partition coefficient (Wildman–Crippen LogP) is 5.83. The molecule has 0 spiro atoms. The molecule has 3 aromatic carbocycles. The number of amides is 3. The van der Waals surface area contributed by atoms with Crippen molar-refractivity contribution in [1.82, 2.24) is 53.8 Å². The first-order valence-corrected chi connectivity index (χ1v) is 31.6. The molecule has 1 aliphatic heterocycles. The third-order valence-corrected chi connectivity index (χ3v) is 15.6. The number of anilines is 4. The SMILES string of the molecule is Cc1cc(C)nc(NC(=O)c2c[n+](OCC(O)COc3ccccc3-c3ccc4ncc(C(=O)Nc5ccnc(C)c5)n4n3)c3ccc(-c4ccccc4OCC(O)COc4cc(-c5cccc(OCC(O)CO)c5)nn5c(C(=O)Nc6cccc(N7CCOCC7)n6)cnc45)nn23)c1. The second-order valence-corrected chi connectivity index (χ2v) is 23.1. The lowest BCUT2D eigenvalue weighted by atomic mass is 10.1. The maximum absolute atomic E-state index is 14.3. The molecule has 13 rings (SSSR count). The molecule has 99 heavy (non-hydrogen) atoms. The molecule has 0 radical (unpaired) electrons. The fourth-order valence-electron chi connectivity index (χ4n) is 10.9. The number of para-hydroxylation sites is 2. The van der Waals surface area contributed by atoms with Crippen molar-refractivity contribution in [2.24, 2.45) is 0 Å². The molecule has 0 saturated carbocycles. The summed E-state index contributed by atoms with van der Waals surface area (Å²) in [6, 6.07) is 41.9. The first-order chi connectivity index (χ1) is 48.2. The number of pyridine rings is 3. The molecule has 1 fully saturated rings. The minimum absolute atomic E-state index is 0.0395. The average molecular weight is 1340 g/mol. The second-order valence-electron chi connectivity index (χ2n) is 23.1. The van der Waals surface area contributed by atoms with Crippen molar-refractivity contribution in [2.45, 2.75) is 39.1 Å². The van der Waals surface area contributed by atoms with Crippen molar-refractivity contribution in [2.75, 3.05) is 86.8 Å². The Morgan fingerprint density at radius 2 is 1.20 bits per heavy atom.